The number of hydrogen-bond acceptors (Lipinski definition) is 5. The Balaban J connectivity index is 1.59. The predicted molar refractivity (Wildman–Crippen MR) is 111 cm³/mol. The van der Waals surface area contributed by atoms with Crippen LogP contribution in [0.3, 0.4) is 0 Å². The number of likely N-dealkylation sites (N-methyl/N-ethyl adjacent to an activating group) is 1. The third-order valence-corrected chi connectivity index (χ3v) is 5.26. The molecule has 0 saturated carbocycles. The van der Waals surface area contributed by atoms with Crippen LogP contribution in [0.1, 0.15) is 19.3 Å². The quantitative estimate of drug-likeness (QED) is 0.542. The van der Waals surface area contributed by atoms with Gasteiger partial charge in [0.1, 0.15) is 12.4 Å². The highest BCUT2D eigenvalue weighted by atomic mass is 35.5. The number of rotatable bonds is 6. The first-order valence-corrected chi connectivity index (χ1v) is 10.1. The number of anilines is 1. The maximum Gasteiger partial charge on any atom is 0.243 e. The third-order valence-electron chi connectivity index (χ3n) is 4.96. The highest BCUT2D eigenvalue weighted by molar-refractivity contribution is 6.32. The monoisotopic (exact) mass is 408 g/mol. The van der Waals surface area contributed by atoms with E-state index in [2.05, 4.69) is 25.5 Å². The number of hydrogen-bond donors (Lipinski definition) is 2. The molecule has 0 spiro atoms. The first kappa shape index (κ1) is 20.7. The summed E-state index contributed by atoms with van der Waals surface area (Å²) in [6.07, 6.45) is 5.03. The Bertz CT molecular complexity index is 693. The number of halogens is 1. The number of nitrogens with zero attached hydrogens (tertiary/aromatic N) is 4. The minimum absolute atomic E-state index is 0.0356. The van der Waals surface area contributed by atoms with Crippen LogP contribution in [0.15, 0.2) is 23.3 Å². The molecule has 3 heterocycles. The van der Waals surface area contributed by atoms with Crippen molar-refractivity contribution in [1.82, 2.24) is 20.5 Å². The first-order chi connectivity index (χ1) is 13.5. The highest BCUT2D eigenvalue weighted by Gasteiger charge is 2.26. The van der Waals surface area contributed by atoms with Gasteiger partial charge in [-0.15, -0.1) is 0 Å². The molecule has 2 saturated heterocycles. The van der Waals surface area contributed by atoms with Crippen LogP contribution in [-0.4, -0.2) is 80.8 Å². The van der Waals surface area contributed by atoms with E-state index in [1.165, 1.54) is 0 Å². The molecule has 0 bridgehead atoms. The maximum absolute atomic E-state index is 11.9. The van der Waals surface area contributed by atoms with E-state index in [-0.39, 0.29) is 24.6 Å². The van der Waals surface area contributed by atoms with Crippen molar-refractivity contribution in [2.24, 2.45) is 4.99 Å². The molecule has 28 heavy (non-hydrogen) atoms. The lowest BCUT2D eigenvalue weighted by Gasteiger charge is -2.21. The van der Waals surface area contributed by atoms with Crippen molar-refractivity contribution in [3.63, 3.8) is 0 Å². The van der Waals surface area contributed by atoms with Crippen molar-refractivity contribution >= 4 is 29.3 Å². The van der Waals surface area contributed by atoms with Gasteiger partial charge in [0.25, 0.3) is 0 Å². The summed E-state index contributed by atoms with van der Waals surface area (Å²) in [5.74, 6) is 1.42. The Morgan fingerprint density at radius 1 is 1.46 bits per heavy atom. The average molecular weight is 409 g/mol. The minimum atomic E-state index is -0.0356. The lowest BCUT2D eigenvalue weighted by atomic mass is 10.2. The normalized spacial score (nSPS) is 22.4. The van der Waals surface area contributed by atoms with Gasteiger partial charge in [-0.25, -0.2) is 9.98 Å². The SMILES string of the molecule is CN(C)C(=O)CN=C(NCC1CCCO1)NC1CCN(c2ncccc2Cl)C1. The summed E-state index contributed by atoms with van der Waals surface area (Å²) in [6.45, 7) is 3.25. The fourth-order valence-electron chi connectivity index (χ4n) is 3.33. The van der Waals surface area contributed by atoms with Crippen LogP contribution in [0.2, 0.25) is 5.02 Å². The zero-order valence-electron chi connectivity index (χ0n) is 16.5. The van der Waals surface area contributed by atoms with Gasteiger partial charge in [-0.3, -0.25) is 4.79 Å². The van der Waals surface area contributed by atoms with Crippen molar-refractivity contribution in [3.8, 4) is 0 Å². The molecule has 2 atom stereocenters. The molecule has 2 N–H and O–H groups in total. The molecule has 2 fully saturated rings. The summed E-state index contributed by atoms with van der Waals surface area (Å²) in [4.78, 5) is 24.5. The van der Waals surface area contributed by atoms with Crippen molar-refractivity contribution in [3.05, 3.63) is 23.4 Å². The summed E-state index contributed by atoms with van der Waals surface area (Å²) in [5.41, 5.74) is 0. The second kappa shape index (κ2) is 9.93. The van der Waals surface area contributed by atoms with E-state index in [0.29, 0.717) is 17.5 Å². The van der Waals surface area contributed by atoms with E-state index >= 15 is 0 Å². The Hall–Kier alpha value is -2.06. The largest absolute Gasteiger partial charge is 0.376 e. The summed E-state index contributed by atoms with van der Waals surface area (Å²) in [5, 5.41) is 7.44. The minimum Gasteiger partial charge on any atom is -0.376 e. The number of aromatic nitrogens is 1. The molecule has 2 unspecified atom stereocenters. The van der Waals surface area contributed by atoms with Gasteiger partial charge < -0.3 is 25.2 Å². The molecule has 9 heteroatoms. The first-order valence-electron chi connectivity index (χ1n) is 9.75. The molecular weight excluding hydrogens is 380 g/mol. The smallest absolute Gasteiger partial charge is 0.243 e. The van der Waals surface area contributed by atoms with Crippen LogP contribution >= 0.6 is 11.6 Å². The number of amides is 1. The molecule has 154 valence electrons. The Morgan fingerprint density at radius 2 is 2.32 bits per heavy atom. The van der Waals surface area contributed by atoms with Crippen LogP contribution < -0.4 is 15.5 Å². The fraction of sp³-hybridized carbons (Fsp3) is 0.632. The number of pyridine rings is 1. The number of nitrogens with one attached hydrogen (secondary N) is 2. The van der Waals surface area contributed by atoms with Gasteiger partial charge in [0, 0.05) is 52.6 Å². The average Bonchev–Trinajstić information content (AvgIpc) is 3.36. The van der Waals surface area contributed by atoms with Crippen LogP contribution in [-0.2, 0) is 9.53 Å². The summed E-state index contributed by atoms with van der Waals surface area (Å²) in [7, 11) is 3.46. The predicted octanol–water partition coefficient (Wildman–Crippen LogP) is 1.12. The standard InChI is InChI=1S/C19H29ClN6O2/c1-25(2)17(27)12-23-19(22-11-15-5-4-10-28-15)24-14-7-9-26(13-14)18-16(20)6-3-8-21-18/h3,6,8,14-15H,4-5,7,9-13H2,1-2H3,(H2,22,23,24). The summed E-state index contributed by atoms with van der Waals surface area (Å²) >= 11 is 6.28. The fourth-order valence-corrected chi connectivity index (χ4v) is 3.57. The number of carbonyl (C=O) groups excluding carboxylic acids is 1. The zero-order chi connectivity index (χ0) is 19.9. The summed E-state index contributed by atoms with van der Waals surface area (Å²) < 4.78 is 5.67. The Labute approximate surface area is 171 Å². The Morgan fingerprint density at radius 3 is 3.04 bits per heavy atom. The van der Waals surface area contributed by atoms with E-state index < -0.39 is 0 Å². The molecule has 3 rings (SSSR count). The van der Waals surface area contributed by atoms with Crippen molar-refractivity contribution in [1.29, 1.82) is 0 Å². The molecular formula is C19H29ClN6O2. The molecule has 1 amide bonds. The van der Waals surface area contributed by atoms with Crippen molar-refractivity contribution in [2.75, 3.05) is 51.8 Å². The molecule has 1 aromatic rings. The lowest BCUT2D eigenvalue weighted by Crippen LogP contribution is -2.47. The van der Waals surface area contributed by atoms with Gasteiger partial charge in [-0.1, -0.05) is 11.6 Å². The molecule has 2 aliphatic heterocycles. The topological polar surface area (TPSA) is 82.1 Å². The molecule has 0 radical (unpaired) electrons. The van der Waals surface area contributed by atoms with E-state index in [4.69, 9.17) is 16.3 Å². The van der Waals surface area contributed by atoms with E-state index in [9.17, 15) is 4.79 Å². The van der Waals surface area contributed by atoms with Crippen LogP contribution in [0.25, 0.3) is 0 Å². The van der Waals surface area contributed by atoms with Crippen LogP contribution in [0.5, 0.6) is 0 Å². The van der Waals surface area contributed by atoms with Gasteiger partial charge in [0.2, 0.25) is 5.91 Å². The molecule has 0 aromatic carbocycles. The van der Waals surface area contributed by atoms with Gasteiger partial charge in [0.05, 0.1) is 11.1 Å². The molecule has 8 nitrogen and oxygen atoms in total. The number of carbonyl (C=O) groups is 1. The summed E-state index contributed by atoms with van der Waals surface area (Å²) in [6, 6.07) is 3.88. The molecule has 0 aliphatic carbocycles. The second-order valence-corrected chi connectivity index (χ2v) is 7.76. The molecule has 2 aliphatic rings. The number of aliphatic imine (C=N–C) groups is 1. The third kappa shape index (κ3) is 5.72. The van der Waals surface area contributed by atoms with Crippen molar-refractivity contribution in [2.45, 2.75) is 31.4 Å². The van der Waals surface area contributed by atoms with E-state index in [0.717, 1.165) is 44.8 Å². The molecule has 1 aromatic heterocycles. The van der Waals surface area contributed by atoms with Gasteiger partial charge >= 0.3 is 0 Å². The van der Waals surface area contributed by atoms with Crippen molar-refractivity contribution < 1.29 is 9.53 Å². The zero-order valence-corrected chi connectivity index (χ0v) is 17.3. The van der Waals surface area contributed by atoms with E-state index in [1.807, 2.05) is 12.1 Å². The van der Waals surface area contributed by atoms with Gasteiger partial charge in [-0.05, 0) is 31.4 Å². The van der Waals surface area contributed by atoms with Gasteiger partial charge in [-0.2, -0.15) is 0 Å². The second-order valence-electron chi connectivity index (χ2n) is 7.35. The van der Waals surface area contributed by atoms with Crippen LogP contribution in [0, 0.1) is 0 Å². The van der Waals surface area contributed by atoms with E-state index in [1.54, 1.807) is 25.2 Å². The maximum atomic E-state index is 11.9. The number of ether oxygens (including phenoxy) is 1. The Kier molecular flexibility index (Phi) is 7.33. The lowest BCUT2D eigenvalue weighted by molar-refractivity contribution is -0.127. The highest BCUT2D eigenvalue weighted by Crippen LogP contribution is 2.25. The van der Waals surface area contributed by atoms with Gasteiger partial charge in [0.15, 0.2) is 5.96 Å². The van der Waals surface area contributed by atoms with Crippen LogP contribution in [0.4, 0.5) is 5.82 Å². The number of guanidine groups is 1.